The molecule has 2 aromatic carbocycles. The monoisotopic (exact) mass is 269 g/mol. The number of hydrogen-bond donors (Lipinski definition) is 1. The third kappa shape index (κ3) is 3.25. The lowest BCUT2D eigenvalue weighted by Gasteiger charge is -2.24. The minimum atomic E-state index is -0.314. The molecule has 3 nitrogen and oxygen atoms in total. The second kappa shape index (κ2) is 6.87. The average Bonchev–Trinajstić information content (AvgIpc) is 2.53. The van der Waals surface area contributed by atoms with Gasteiger partial charge in [-0.1, -0.05) is 48.5 Å². The van der Waals surface area contributed by atoms with Crippen LogP contribution in [0.2, 0.25) is 0 Å². The lowest BCUT2D eigenvalue weighted by Crippen LogP contribution is -2.32. The summed E-state index contributed by atoms with van der Waals surface area (Å²) in [4.78, 5) is 14.3. The SMILES string of the molecule is CN(C(=O)C(CCO)c1ccccc1)c1ccccc1. The summed E-state index contributed by atoms with van der Waals surface area (Å²) in [5.74, 6) is -0.317. The molecule has 0 bridgehead atoms. The van der Waals surface area contributed by atoms with Crippen molar-refractivity contribution in [3.8, 4) is 0 Å². The summed E-state index contributed by atoms with van der Waals surface area (Å²) >= 11 is 0. The molecule has 20 heavy (non-hydrogen) atoms. The fourth-order valence-electron chi connectivity index (χ4n) is 2.26. The first-order chi connectivity index (χ1) is 9.74. The molecule has 0 aliphatic heterocycles. The number of nitrogens with zero attached hydrogens (tertiary/aromatic N) is 1. The molecule has 0 saturated heterocycles. The van der Waals surface area contributed by atoms with E-state index in [-0.39, 0.29) is 18.4 Å². The molecule has 1 atom stereocenters. The zero-order chi connectivity index (χ0) is 14.4. The van der Waals surface area contributed by atoms with Gasteiger partial charge in [0.25, 0.3) is 0 Å². The molecular formula is C17H19NO2. The highest BCUT2D eigenvalue weighted by Gasteiger charge is 2.23. The maximum Gasteiger partial charge on any atom is 0.234 e. The van der Waals surface area contributed by atoms with Gasteiger partial charge in [-0.05, 0) is 24.1 Å². The van der Waals surface area contributed by atoms with Crippen LogP contribution >= 0.6 is 0 Å². The van der Waals surface area contributed by atoms with Crippen LogP contribution in [0.4, 0.5) is 5.69 Å². The quantitative estimate of drug-likeness (QED) is 0.906. The minimum Gasteiger partial charge on any atom is -0.396 e. The van der Waals surface area contributed by atoms with Crippen molar-refractivity contribution in [2.75, 3.05) is 18.6 Å². The van der Waals surface area contributed by atoms with Crippen LogP contribution in [-0.2, 0) is 4.79 Å². The molecule has 0 aliphatic rings. The fraction of sp³-hybridized carbons (Fsp3) is 0.235. The van der Waals surface area contributed by atoms with Gasteiger partial charge in [0, 0.05) is 19.3 Å². The normalized spacial score (nSPS) is 11.9. The van der Waals surface area contributed by atoms with Crippen LogP contribution in [0, 0.1) is 0 Å². The summed E-state index contributed by atoms with van der Waals surface area (Å²) in [6.45, 7) is -0.00602. The van der Waals surface area contributed by atoms with Crippen molar-refractivity contribution in [2.45, 2.75) is 12.3 Å². The summed E-state index contributed by atoms with van der Waals surface area (Å²) in [6.07, 6.45) is 0.431. The number of carbonyl (C=O) groups excluding carboxylic acids is 1. The van der Waals surface area contributed by atoms with Gasteiger partial charge < -0.3 is 10.0 Å². The third-order valence-electron chi connectivity index (χ3n) is 3.39. The Kier molecular flexibility index (Phi) is 4.91. The van der Waals surface area contributed by atoms with Gasteiger partial charge in [0.2, 0.25) is 5.91 Å². The maximum absolute atomic E-state index is 12.6. The van der Waals surface area contributed by atoms with Gasteiger partial charge in [0.15, 0.2) is 0 Å². The van der Waals surface area contributed by atoms with Crippen molar-refractivity contribution in [2.24, 2.45) is 0 Å². The van der Waals surface area contributed by atoms with E-state index in [4.69, 9.17) is 0 Å². The van der Waals surface area contributed by atoms with Crippen LogP contribution in [0.1, 0.15) is 17.9 Å². The molecule has 0 spiro atoms. The molecule has 0 saturated carbocycles. The summed E-state index contributed by atoms with van der Waals surface area (Å²) in [6, 6.07) is 19.1. The molecule has 0 fully saturated rings. The first-order valence-corrected chi connectivity index (χ1v) is 6.72. The van der Waals surface area contributed by atoms with Gasteiger partial charge in [-0.3, -0.25) is 4.79 Å². The number of hydrogen-bond acceptors (Lipinski definition) is 2. The molecule has 3 heteroatoms. The third-order valence-corrected chi connectivity index (χ3v) is 3.39. The highest BCUT2D eigenvalue weighted by Crippen LogP contribution is 2.24. The molecule has 0 aromatic heterocycles. The fourth-order valence-corrected chi connectivity index (χ4v) is 2.26. The zero-order valence-corrected chi connectivity index (χ0v) is 11.6. The van der Waals surface area contributed by atoms with Crippen molar-refractivity contribution in [3.63, 3.8) is 0 Å². The Morgan fingerprint density at radius 2 is 1.60 bits per heavy atom. The molecule has 1 N–H and O–H groups in total. The predicted octanol–water partition coefficient (Wildman–Crippen LogP) is 2.82. The molecule has 1 amide bonds. The number of rotatable bonds is 5. The summed E-state index contributed by atoms with van der Waals surface area (Å²) in [7, 11) is 1.77. The number of likely N-dealkylation sites (N-methyl/N-ethyl adjacent to an activating group) is 1. The number of aliphatic hydroxyl groups is 1. The van der Waals surface area contributed by atoms with Crippen LogP contribution in [-0.4, -0.2) is 24.7 Å². The van der Waals surface area contributed by atoms with Crippen LogP contribution in [0.15, 0.2) is 60.7 Å². The van der Waals surface area contributed by atoms with E-state index < -0.39 is 0 Å². The van der Waals surface area contributed by atoms with Crippen LogP contribution in [0.25, 0.3) is 0 Å². The molecule has 2 rings (SSSR count). The van der Waals surface area contributed by atoms with Gasteiger partial charge in [-0.2, -0.15) is 0 Å². The van der Waals surface area contributed by atoms with Crippen molar-refractivity contribution in [3.05, 3.63) is 66.2 Å². The largest absolute Gasteiger partial charge is 0.396 e. The van der Waals surface area contributed by atoms with Crippen molar-refractivity contribution < 1.29 is 9.90 Å². The number of amides is 1. The van der Waals surface area contributed by atoms with E-state index in [1.54, 1.807) is 11.9 Å². The molecule has 2 aromatic rings. The molecule has 0 radical (unpaired) electrons. The molecule has 0 aliphatic carbocycles. The number of carbonyl (C=O) groups is 1. The van der Waals surface area contributed by atoms with E-state index in [0.29, 0.717) is 6.42 Å². The van der Waals surface area contributed by atoms with E-state index in [9.17, 15) is 9.90 Å². The highest BCUT2D eigenvalue weighted by molar-refractivity contribution is 5.97. The highest BCUT2D eigenvalue weighted by atomic mass is 16.3. The minimum absolute atomic E-state index is 0.00329. The van der Waals surface area contributed by atoms with E-state index in [1.807, 2.05) is 60.7 Å². The van der Waals surface area contributed by atoms with Gasteiger partial charge >= 0.3 is 0 Å². The number of para-hydroxylation sites is 1. The maximum atomic E-state index is 12.6. The number of aliphatic hydroxyl groups excluding tert-OH is 1. The second-order valence-corrected chi connectivity index (χ2v) is 4.71. The van der Waals surface area contributed by atoms with Crippen molar-refractivity contribution in [1.29, 1.82) is 0 Å². The molecular weight excluding hydrogens is 250 g/mol. The topological polar surface area (TPSA) is 40.5 Å². The van der Waals surface area contributed by atoms with Crippen LogP contribution in [0.5, 0.6) is 0 Å². The van der Waals surface area contributed by atoms with E-state index in [0.717, 1.165) is 11.3 Å². The lowest BCUT2D eigenvalue weighted by molar-refractivity contribution is -0.120. The van der Waals surface area contributed by atoms with Crippen molar-refractivity contribution >= 4 is 11.6 Å². The Balaban J connectivity index is 2.24. The Morgan fingerprint density at radius 1 is 1.05 bits per heavy atom. The lowest BCUT2D eigenvalue weighted by atomic mass is 9.94. The summed E-state index contributed by atoms with van der Waals surface area (Å²) in [5, 5.41) is 9.23. The van der Waals surface area contributed by atoms with Gasteiger partial charge in [-0.15, -0.1) is 0 Å². The predicted molar refractivity (Wildman–Crippen MR) is 80.7 cm³/mol. The summed E-state index contributed by atoms with van der Waals surface area (Å²) in [5.41, 5.74) is 1.80. The summed E-state index contributed by atoms with van der Waals surface area (Å²) < 4.78 is 0. The number of anilines is 1. The number of benzene rings is 2. The van der Waals surface area contributed by atoms with Crippen LogP contribution < -0.4 is 4.90 Å². The Hall–Kier alpha value is -2.13. The molecule has 104 valence electrons. The van der Waals surface area contributed by atoms with Gasteiger partial charge in [-0.25, -0.2) is 0 Å². The van der Waals surface area contributed by atoms with Crippen LogP contribution in [0.3, 0.4) is 0 Å². The Bertz CT molecular complexity index is 539. The van der Waals surface area contributed by atoms with Crippen molar-refractivity contribution in [1.82, 2.24) is 0 Å². The molecule has 0 heterocycles. The Morgan fingerprint density at radius 3 is 2.15 bits per heavy atom. The Labute approximate surface area is 119 Å². The molecule has 1 unspecified atom stereocenters. The van der Waals surface area contributed by atoms with E-state index >= 15 is 0 Å². The smallest absolute Gasteiger partial charge is 0.234 e. The zero-order valence-electron chi connectivity index (χ0n) is 11.6. The van der Waals surface area contributed by atoms with Gasteiger partial charge in [0.1, 0.15) is 0 Å². The second-order valence-electron chi connectivity index (χ2n) is 4.71. The first kappa shape index (κ1) is 14.3. The van der Waals surface area contributed by atoms with E-state index in [2.05, 4.69) is 0 Å². The van der Waals surface area contributed by atoms with E-state index in [1.165, 1.54) is 0 Å². The first-order valence-electron chi connectivity index (χ1n) is 6.72. The average molecular weight is 269 g/mol. The standard InChI is InChI=1S/C17H19NO2/c1-18(15-10-6-3-7-11-15)17(20)16(12-13-19)14-8-4-2-5-9-14/h2-11,16,19H,12-13H2,1H3. The van der Waals surface area contributed by atoms with Gasteiger partial charge in [0.05, 0.1) is 5.92 Å².